The van der Waals surface area contributed by atoms with Crippen LogP contribution in [0.25, 0.3) is 0 Å². The summed E-state index contributed by atoms with van der Waals surface area (Å²) >= 11 is 0. The van der Waals surface area contributed by atoms with Crippen LogP contribution in [0.4, 0.5) is 0 Å². The van der Waals surface area contributed by atoms with Gasteiger partial charge in [-0.15, -0.1) is 0 Å². The molecule has 1 N–H and O–H groups in total. The second-order valence-electron chi connectivity index (χ2n) is 8.18. The molecule has 1 heterocycles. The van der Waals surface area contributed by atoms with E-state index in [1.165, 1.54) is 51.9 Å². The van der Waals surface area contributed by atoms with Crippen LogP contribution in [0, 0.1) is 11.3 Å². The molecule has 0 radical (unpaired) electrons. The van der Waals surface area contributed by atoms with Crippen LogP contribution in [0.3, 0.4) is 0 Å². The van der Waals surface area contributed by atoms with Crippen LogP contribution in [-0.4, -0.2) is 85.8 Å². The van der Waals surface area contributed by atoms with Gasteiger partial charge in [0.05, 0.1) is 0 Å². The number of likely N-dealkylation sites (tertiary alicyclic amines) is 1. The topological polar surface area (TPSA) is 30.0 Å². The van der Waals surface area contributed by atoms with E-state index < -0.39 is 0 Å². The van der Waals surface area contributed by atoms with Gasteiger partial charge in [-0.1, -0.05) is 13.8 Å². The van der Waals surface area contributed by atoms with Gasteiger partial charge in [-0.3, -0.25) is 0 Å². The summed E-state index contributed by atoms with van der Waals surface area (Å²) in [4.78, 5) is 7.52. The van der Waals surface area contributed by atoms with Crippen molar-refractivity contribution < 1.29 is 5.11 Å². The lowest BCUT2D eigenvalue weighted by molar-refractivity contribution is -0.0345. The number of likely N-dealkylation sites (N-methyl/N-ethyl adjacent to an activating group) is 2. The Morgan fingerprint density at radius 2 is 1.62 bits per heavy atom. The summed E-state index contributed by atoms with van der Waals surface area (Å²) in [5.41, 5.74) is 0.607. The summed E-state index contributed by atoms with van der Waals surface area (Å²) in [6.45, 7) is 16.1. The Balaban J connectivity index is 0.00000139. The summed E-state index contributed by atoms with van der Waals surface area (Å²) in [6.07, 6.45) is 5.25. The predicted octanol–water partition coefficient (Wildman–Crippen LogP) is 2.77. The Morgan fingerprint density at radius 1 is 1.04 bits per heavy atom. The molecule has 144 valence electrons. The maximum Gasteiger partial charge on any atom is 0.0459 e. The van der Waals surface area contributed by atoms with E-state index in [-0.39, 0.29) is 0 Å². The Morgan fingerprint density at radius 3 is 2.12 bits per heavy atom. The molecule has 0 unspecified atom stereocenters. The van der Waals surface area contributed by atoms with Crippen molar-refractivity contribution in [2.75, 3.05) is 60.0 Å². The van der Waals surface area contributed by atoms with Crippen LogP contribution in [0.15, 0.2) is 0 Å². The minimum Gasteiger partial charge on any atom is -0.396 e. The molecule has 1 spiro atoms. The van der Waals surface area contributed by atoms with Crippen molar-refractivity contribution in [1.82, 2.24) is 14.7 Å². The largest absolute Gasteiger partial charge is 0.396 e. The minimum atomic E-state index is 0.404. The fraction of sp³-hybridized carbons (Fsp3) is 1.00. The molecule has 2 fully saturated rings. The molecule has 4 heteroatoms. The zero-order valence-electron chi connectivity index (χ0n) is 17.2. The summed E-state index contributed by atoms with van der Waals surface area (Å²) in [7, 11) is 4.46. The van der Waals surface area contributed by atoms with Crippen LogP contribution >= 0.6 is 0 Å². The third-order valence-electron chi connectivity index (χ3n) is 6.13. The zero-order chi connectivity index (χ0) is 18.2. The van der Waals surface area contributed by atoms with Gasteiger partial charge < -0.3 is 19.8 Å². The average Bonchev–Trinajstić information content (AvgIpc) is 2.57. The van der Waals surface area contributed by atoms with Gasteiger partial charge in [0, 0.05) is 38.8 Å². The standard InChI is InChI=1S/C18H37N3O.C2H6/c1-16(2)20(4)11-9-19(3)10-12-21-7-5-18(6-8-21)13-17(14-18)15-22;1-2/h16-17,22H,5-15H2,1-4H3;1-2H3. The fourth-order valence-electron chi connectivity index (χ4n) is 3.96. The molecule has 1 saturated carbocycles. The maximum absolute atomic E-state index is 9.20. The normalized spacial score (nSPS) is 21.2. The summed E-state index contributed by atoms with van der Waals surface area (Å²) in [6, 6.07) is 0.636. The van der Waals surface area contributed by atoms with E-state index in [0.717, 1.165) is 13.1 Å². The van der Waals surface area contributed by atoms with Gasteiger partial charge in [-0.25, -0.2) is 0 Å². The molecule has 2 rings (SSSR count). The molecule has 4 nitrogen and oxygen atoms in total. The summed E-state index contributed by atoms with van der Waals surface area (Å²) in [5, 5.41) is 9.20. The number of nitrogens with zero attached hydrogens (tertiary/aromatic N) is 3. The van der Waals surface area contributed by atoms with Gasteiger partial charge in [0.15, 0.2) is 0 Å². The average molecular weight is 342 g/mol. The first-order valence-corrected chi connectivity index (χ1v) is 10.2. The van der Waals surface area contributed by atoms with Gasteiger partial charge in [0.25, 0.3) is 0 Å². The van der Waals surface area contributed by atoms with E-state index in [2.05, 4.69) is 42.6 Å². The van der Waals surface area contributed by atoms with E-state index in [9.17, 15) is 5.11 Å². The molecule has 1 aliphatic carbocycles. The lowest BCUT2D eigenvalue weighted by atomic mass is 9.58. The monoisotopic (exact) mass is 341 g/mol. The molecule has 2 aliphatic rings. The Bertz CT molecular complexity index is 319. The fourth-order valence-corrected chi connectivity index (χ4v) is 3.96. The number of piperidine rings is 1. The van der Waals surface area contributed by atoms with Crippen molar-refractivity contribution in [3.05, 3.63) is 0 Å². The van der Waals surface area contributed by atoms with Crippen molar-refractivity contribution >= 4 is 0 Å². The molecule has 24 heavy (non-hydrogen) atoms. The molecule has 0 aromatic rings. The van der Waals surface area contributed by atoms with E-state index in [0.29, 0.717) is 24.0 Å². The molecular formula is C20H43N3O. The third kappa shape index (κ3) is 6.62. The zero-order valence-corrected chi connectivity index (χ0v) is 17.2. The second kappa shape index (κ2) is 10.7. The molecule has 0 bridgehead atoms. The number of hydrogen-bond donors (Lipinski definition) is 1. The van der Waals surface area contributed by atoms with E-state index in [1.54, 1.807) is 0 Å². The van der Waals surface area contributed by atoms with Crippen LogP contribution in [0.1, 0.15) is 53.4 Å². The van der Waals surface area contributed by atoms with Crippen LogP contribution in [0.5, 0.6) is 0 Å². The molecule has 1 aliphatic heterocycles. The van der Waals surface area contributed by atoms with E-state index in [4.69, 9.17) is 0 Å². The first kappa shape index (κ1) is 21.9. The van der Waals surface area contributed by atoms with E-state index in [1.807, 2.05) is 13.8 Å². The van der Waals surface area contributed by atoms with Crippen molar-refractivity contribution in [3.8, 4) is 0 Å². The van der Waals surface area contributed by atoms with Gasteiger partial charge in [0.2, 0.25) is 0 Å². The first-order valence-electron chi connectivity index (χ1n) is 10.2. The number of aliphatic hydroxyl groups is 1. The smallest absolute Gasteiger partial charge is 0.0459 e. The maximum atomic E-state index is 9.20. The third-order valence-corrected chi connectivity index (χ3v) is 6.13. The lowest BCUT2D eigenvalue weighted by Gasteiger charge is -2.52. The summed E-state index contributed by atoms with van der Waals surface area (Å²) in [5.74, 6) is 0.607. The molecular weight excluding hydrogens is 298 g/mol. The molecule has 0 amide bonds. The Hall–Kier alpha value is -0.160. The molecule has 0 atom stereocenters. The quantitative estimate of drug-likeness (QED) is 0.735. The van der Waals surface area contributed by atoms with Crippen LogP contribution in [-0.2, 0) is 0 Å². The van der Waals surface area contributed by atoms with Crippen molar-refractivity contribution in [2.45, 2.75) is 59.4 Å². The second-order valence-corrected chi connectivity index (χ2v) is 8.18. The van der Waals surface area contributed by atoms with Gasteiger partial charge in [0.1, 0.15) is 0 Å². The predicted molar refractivity (Wildman–Crippen MR) is 105 cm³/mol. The highest BCUT2D eigenvalue weighted by Crippen LogP contribution is 2.52. The number of aliphatic hydroxyl groups excluding tert-OH is 1. The highest BCUT2D eigenvalue weighted by molar-refractivity contribution is 4.96. The van der Waals surface area contributed by atoms with Crippen molar-refractivity contribution in [1.29, 1.82) is 0 Å². The van der Waals surface area contributed by atoms with Crippen LogP contribution in [0.2, 0.25) is 0 Å². The first-order chi connectivity index (χ1) is 11.4. The molecule has 0 aromatic carbocycles. The van der Waals surface area contributed by atoms with Crippen LogP contribution < -0.4 is 0 Å². The highest BCUT2D eigenvalue weighted by atomic mass is 16.3. The molecule has 1 saturated heterocycles. The minimum absolute atomic E-state index is 0.404. The number of hydrogen-bond acceptors (Lipinski definition) is 4. The lowest BCUT2D eigenvalue weighted by Crippen LogP contribution is -2.49. The SMILES string of the molecule is CC.CC(C)N(C)CCN(C)CCN1CCC2(CC1)CC(CO)C2. The Labute approximate surface area is 151 Å². The van der Waals surface area contributed by atoms with Gasteiger partial charge in [-0.05, 0) is 78.0 Å². The van der Waals surface area contributed by atoms with Gasteiger partial charge in [-0.2, -0.15) is 0 Å². The van der Waals surface area contributed by atoms with Crippen molar-refractivity contribution in [2.24, 2.45) is 11.3 Å². The Kier molecular flexibility index (Phi) is 9.80. The van der Waals surface area contributed by atoms with E-state index >= 15 is 0 Å². The molecule has 0 aromatic heterocycles. The number of rotatable bonds is 8. The van der Waals surface area contributed by atoms with Crippen molar-refractivity contribution in [3.63, 3.8) is 0 Å². The summed E-state index contributed by atoms with van der Waals surface area (Å²) < 4.78 is 0. The highest BCUT2D eigenvalue weighted by Gasteiger charge is 2.45. The van der Waals surface area contributed by atoms with Gasteiger partial charge >= 0.3 is 0 Å².